The van der Waals surface area contributed by atoms with Crippen LogP contribution in [-0.2, 0) is 0 Å². The highest BCUT2D eigenvalue weighted by molar-refractivity contribution is 6.13. The summed E-state index contributed by atoms with van der Waals surface area (Å²) in [5.41, 5.74) is 0. The zero-order valence-electron chi connectivity index (χ0n) is 6.12. The van der Waals surface area contributed by atoms with Gasteiger partial charge in [-0.15, -0.1) is 0 Å². The van der Waals surface area contributed by atoms with Crippen LogP contribution in [-0.4, -0.2) is 27.6 Å². The first-order chi connectivity index (χ1) is 5.72. The first-order valence-electron chi connectivity index (χ1n) is 2.99. The Labute approximate surface area is 69.0 Å². The Morgan fingerprint density at radius 1 is 1.50 bits per heavy atom. The summed E-state index contributed by atoms with van der Waals surface area (Å²) in [6.07, 6.45) is 1.39. The first-order valence-corrected chi connectivity index (χ1v) is 2.99. The molecular formula is C5H7BN2O4. The molecule has 0 saturated carbocycles. The fourth-order valence-corrected chi connectivity index (χ4v) is 0.462. The third-order valence-corrected chi connectivity index (χ3v) is 0.836. The minimum Gasteiger partial charge on any atom is -0.430 e. The van der Waals surface area contributed by atoms with E-state index < -0.39 is 12.6 Å². The Balaban J connectivity index is 0.000000354. The molecule has 12 heavy (non-hydrogen) atoms. The Morgan fingerprint density at radius 2 is 2.08 bits per heavy atom. The molecule has 0 radical (unpaired) electrons. The second kappa shape index (κ2) is 6.26. The number of aromatic nitrogens is 1. The SMILES string of the molecule is O=[N+]([O-])c1ccccn1.OBO. The molecule has 0 unspecified atom stereocenters. The van der Waals surface area contributed by atoms with Gasteiger partial charge in [-0.05, 0) is 16.0 Å². The predicted octanol–water partition coefficient (Wildman–Crippen LogP) is -0.773. The minimum absolute atomic E-state index is 0.113. The minimum atomic E-state index is -0.750. The molecule has 0 atom stereocenters. The van der Waals surface area contributed by atoms with Gasteiger partial charge in [-0.2, -0.15) is 0 Å². The summed E-state index contributed by atoms with van der Waals surface area (Å²) in [5, 5.41) is 24.2. The zero-order valence-corrected chi connectivity index (χ0v) is 6.12. The third-order valence-electron chi connectivity index (χ3n) is 0.836. The van der Waals surface area contributed by atoms with Gasteiger partial charge in [-0.25, -0.2) is 0 Å². The smallest absolute Gasteiger partial charge is 0.430 e. The van der Waals surface area contributed by atoms with Crippen molar-refractivity contribution in [2.24, 2.45) is 0 Å². The predicted molar refractivity (Wildman–Crippen MR) is 42.5 cm³/mol. The van der Waals surface area contributed by atoms with Crippen molar-refractivity contribution in [3.05, 3.63) is 34.5 Å². The van der Waals surface area contributed by atoms with Crippen molar-refractivity contribution < 1.29 is 15.0 Å². The van der Waals surface area contributed by atoms with Gasteiger partial charge >= 0.3 is 13.5 Å². The summed E-state index contributed by atoms with van der Waals surface area (Å²) < 4.78 is 0. The van der Waals surface area contributed by atoms with Gasteiger partial charge in [-0.1, -0.05) is 6.07 Å². The summed E-state index contributed by atoms with van der Waals surface area (Å²) in [6, 6.07) is 4.55. The van der Waals surface area contributed by atoms with E-state index in [4.69, 9.17) is 10.0 Å². The zero-order chi connectivity index (χ0) is 9.40. The molecule has 0 aromatic carbocycles. The molecule has 0 saturated heterocycles. The molecule has 7 heteroatoms. The number of nitrogens with zero attached hydrogens (tertiary/aromatic N) is 2. The largest absolute Gasteiger partial charge is 0.432 e. The molecule has 2 N–H and O–H groups in total. The van der Waals surface area contributed by atoms with Crippen LogP contribution in [0.5, 0.6) is 0 Å². The summed E-state index contributed by atoms with van der Waals surface area (Å²) >= 11 is 0. The second-order valence-corrected chi connectivity index (χ2v) is 1.59. The monoisotopic (exact) mass is 170 g/mol. The van der Waals surface area contributed by atoms with Crippen molar-refractivity contribution >= 4 is 13.5 Å². The number of rotatable bonds is 1. The lowest BCUT2D eigenvalue weighted by atomic mass is 10.5. The molecule has 0 fully saturated rings. The van der Waals surface area contributed by atoms with Crippen LogP contribution < -0.4 is 0 Å². The number of pyridine rings is 1. The average molecular weight is 170 g/mol. The average Bonchev–Trinajstić information content (AvgIpc) is 2.07. The van der Waals surface area contributed by atoms with E-state index in [1.807, 2.05) is 0 Å². The van der Waals surface area contributed by atoms with E-state index in [-0.39, 0.29) is 5.82 Å². The Hall–Kier alpha value is -1.47. The third kappa shape index (κ3) is 4.37. The molecule has 1 heterocycles. The summed E-state index contributed by atoms with van der Waals surface area (Å²) in [4.78, 5) is 12.9. The molecule has 1 rings (SSSR count). The molecule has 0 bridgehead atoms. The summed E-state index contributed by atoms with van der Waals surface area (Å²) in [5.74, 6) is -0.113. The van der Waals surface area contributed by atoms with Crippen LogP contribution in [0.25, 0.3) is 0 Å². The summed E-state index contributed by atoms with van der Waals surface area (Å²) in [7, 11) is -0.750. The second-order valence-electron chi connectivity index (χ2n) is 1.59. The van der Waals surface area contributed by atoms with E-state index in [9.17, 15) is 10.1 Å². The van der Waals surface area contributed by atoms with Crippen LogP contribution in [0, 0.1) is 10.1 Å². The Bertz CT molecular complexity index is 230. The molecule has 1 aromatic heterocycles. The van der Waals surface area contributed by atoms with Gasteiger partial charge in [0, 0.05) is 6.07 Å². The molecular weight excluding hydrogens is 163 g/mol. The Morgan fingerprint density at radius 3 is 2.33 bits per heavy atom. The van der Waals surface area contributed by atoms with Crippen molar-refractivity contribution in [3.63, 3.8) is 0 Å². The number of nitro groups is 1. The molecule has 0 aliphatic carbocycles. The molecule has 6 nitrogen and oxygen atoms in total. The van der Waals surface area contributed by atoms with Crippen LogP contribution in [0.4, 0.5) is 5.82 Å². The summed E-state index contributed by atoms with van der Waals surface area (Å²) in [6.45, 7) is 0. The highest BCUT2D eigenvalue weighted by atomic mass is 16.6. The van der Waals surface area contributed by atoms with Crippen molar-refractivity contribution in [3.8, 4) is 0 Å². The lowest BCUT2D eigenvalue weighted by Gasteiger charge is -1.86. The van der Waals surface area contributed by atoms with Gasteiger partial charge in [0.2, 0.25) is 0 Å². The Kier molecular flexibility index (Phi) is 5.49. The van der Waals surface area contributed by atoms with Crippen LogP contribution in [0.1, 0.15) is 0 Å². The molecule has 1 aromatic rings. The van der Waals surface area contributed by atoms with Crippen molar-refractivity contribution in [1.82, 2.24) is 4.98 Å². The highest BCUT2D eigenvalue weighted by Gasteiger charge is 2.00. The fraction of sp³-hybridized carbons (Fsp3) is 0. The van der Waals surface area contributed by atoms with Crippen LogP contribution in [0.15, 0.2) is 24.4 Å². The molecule has 0 spiro atoms. The molecule has 0 aliphatic rings. The van der Waals surface area contributed by atoms with E-state index in [0.29, 0.717) is 0 Å². The van der Waals surface area contributed by atoms with Gasteiger partial charge in [0.25, 0.3) is 0 Å². The number of hydrogen-bond donors (Lipinski definition) is 2. The van der Waals surface area contributed by atoms with E-state index in [0.717, 1.165) is 0 Å². The maximum absolute atomic E-state index is 9.94. The van der Waals surface area contributed by atoms with E-state index in [2.05, 4.69) is 4.98 Å². The van der Waals surface area contributed by atoms with Gasteiger partial charge in [-0.3, -0.25) is 0 Å². The molecule has 64 valence electrons. The van der Waals surface area contributed by atoms with Gasteiger partial charge in [0.05, 0.1) is 0 Å². The number of hydrogen-bond acceptors (Lipinski definition) is 5. The lowest BCUT2D eigenvalue weighted by Crippen LogP contribution is -1.88. The fourth-order valence-electron chi connectivity index (χ4n) is 0.462. The normalized spacial score (nSPS) is 7.83. The van der Waals surface area contributed by atoms with Gasteiger partial charge < -0.3 is 20.2 Å². The van der Waals surface area contributed by atoms with Crippen LogP contribution >= 0.6 is 0 Å². The van der Waals surface area contributed by atoms with Crippen LogP contribution in [0.2, 0.25) is 0 Å². The van der Waals surface area contributed by atoms with E-state index >= 15 is 0 Å². The highest BCUT2D eigenvalue weighted by Crippen LogP contribution is 2.01. The van der Waals surface area contributed by atoms with Crippen molar-refractivity contribution in [2.45, 2.75) is 0 Å². The molecule has 0 aliphatic heterocycles. The quantitative estimate of drug-likeness (QED) is 0.327. The lowest BCUT2D eigenvalue weighted by molar-refractivity contribution is -0.389. The standard InChI is InChI=1S/C5H4N2O2.BH3O2/c8-7(9)5-3-1-2-4-6-5;2-1-3/h1-4H;1-3H. The van der Waals surface area contributed by atoms with Crippen molar-refractivity contribution in [2.75, 3.05) is 0 Å². The van der Waals surface area contributed by atoms with E-state index in [1.54, 1.807) is 12.1 Å². The first kappa shape index (κ1) is 10.5. The van der Waals surface area contributed by atoms with E-state index in [1.165, 1.54) is 12.3 Å². The maximum atomic E-state index is 9.94. The van der Waals surface area contributed by atoms with Gasteiger partial charge in [0.1, 0.15) is 6.20 Å². The van der Waals surface area contributed by atoms with Gasteiger partial charge in [0.15, 0.2) is 0 Å². The van der Waals surface area contributed by atoms with Crippen molar-refractivity contribution in [1.29, 1.82) is 0 Å². The molecule has 0 amide bonds. The van der Waals surface area contributed by atoms with Crippen LogP contribution in [0.3, 0.4) is 0 Å². The topological polar surface area (TPSA) is 96.5 Å². The maximum Gasteiger partial charge on any atom is 0.432 e.